The Labute approximate surface area is 88.5 Å². The molecule has 15 heavy (non-hydrogen) atoms. The molecule has 0 aliphatic heterocycles. The van der Waals surface area contributed by atoms with E-state index in [2.05, 4.69) is 4.99 Å². The van der Waals surface area contributed by atoms with Crippen molar-refractivity contribution in [2.24, 2.45) is 4.99 Å². The number of nitrogens with zero attached hydrogens (tertiary/aromatic N) is 1. The van der Waals surface area contributed by atoms with Gasteiger partial charge in [-0.2, -0.15) is 4.99 Å². The van der Waals surface area contributed by atoms with Crippen molar-refractivity contribution >= 4 is 11.8 Å². The molecule has 0 aliphatic rings. The highest BCUT2D eigenvalue weighted by Crippen LogP contribution is 2.24. The Bertz CT molecular complexity index is 370. The van der Waals surface area contributed by atoms with Crippen molar-refractivity contribution in [2.45, 2.75) is 13.5 Å². The molecule has 1 aromatic rings. The molecule has 1 aromatic carbocycles. The average molecular weight is 207 g/mol. The van der Waals surface area contributed by atoms with Gasteiger partial charge in [-0.3, -0.25) is 0 Å². The molecule has 80 valence electrons. The third-order valence-corrected chi connectivity index (χ3v) is 1.82. The molecule has 4 nitrogen and oxygen atoms in total. The van der Waals surface area contributed by atoms with Gasteiger partial charge >= 0.3 is 0 Å². The molecule has 4 heteroatoms. The predicted octanol–water partition coefficient (Wildman–Crippen LogP) is 2.20. The summed E-state index contributed by atoms with van der Waals surface area (Å²) in [6.45, 7) is 2.93. The van der Waals surface area contributed by atoms with E-state index in [0.717, 1.165) is 11.3 Å². The molecule has 0 unspecified atom stereocenters. The van der Waals surface area contributed by atoms with Crippen molar-refractivity contribution in [1.82, 2.24) is 0 Å². The fourth-order valence-electron chi connectivity index (χ4n) is 1.25. The molecule has 0 saturated carbocycles. The fraction of sp³-hybridized carbons (Fsp3) is 0.364. The Morgan fingerprint density at radius 1 is 1.47 bits per heavy atom. The molecule has 0 spiro atoms. The summed E-state index contributed by atoms with van der Waals surface area (Å²) >= 11 is 0. The molecule has 0 radical (unpaired) electrons. The van der Waals surface area contributed by atoms with Crippen LogP contribution in [0.15, 0.2) is 23.2 Å². The van der Waals surface area contributed by atoms with Crippen LogP contribution in [0.1, 0.15) is 12.5 Å². The molecule has 0 atom stereocenters. The maximum atomic E-state index is 10.1. The Balaban J connectivity index is 3.02. The Kier molecular flexibility index (Phi) is 4.54. The molecule has 0 saturated heterocycles. The van der Waals surface area contributed by atoms with Crippen molar-refractivity contribution in [2.75, 3.05) is 13.7 Å². The van der Waals surface area contributed by atoms with E-state index in [1.54, 1.807) is 25.3 Å². The second-order valence-corrected chi connectivity index (χ2v) is 2.86. The van der Waals surface area contributed by atoms with Crippen LogP contribution < -0.4 is 4.74 Å². The van der Waals surface area contributed by atoms with Crippen molar-refractivity contribution in [3.05, 3.63) is 23.8 Å². The number of rotatable bonds is 5. The zero-order valence-electron chi connectivity index (χ0n) is 8.82. The summed E-state index contributed by atoms with van der Waals surface area (Å²) in [4.78, 5) is 13.6. The molecule has 0 heterocycles. The average Bonchev–Trinajstić information content (AvgIpc) is 2.23. The lowest BCUT2D eigenvalue weighted by Crippen LogP contribution is -1.97. The molecule has 0 fully saturated rings. The van der Waals surface area contributed by atoms with Gasteiger partial charge < -0.3 is 9.47 Å². The van der Waals surface area contributed by atoms with E-state index < -0.39 is 0 Å². The van der Waals surface area contributed by atoms with Gasteiger partial charge in [-0.25, -0.2) is 4.79 Å². The molecule has 0 aromatic heterocycles. The number of hydrogen-bond donors (Lipinski definition) is 0. The minimum absolute atomic E-state index is 0.428. The van der Waals surface area contributed by atoms with Gasteiger partial charge in [0.15, 0.2) is 0 Å². The first-order valence-corrected chi connectivity index (χ1v) is 4.64. The zero-order chi connectivity index (χ0) is 11.1. The topological polar surface area (TPSA) is 47.9 Å². The van der Waals surface area contributed by atoms with Crippen LogP contribution in [0.25, 0.3) is 0 Å². The van der Waals surface area contributed by atoms with E-state index in [1.165, 1.54) is 6.08 Å². The number of hydrogen-bond acceptors (Lipinski definition) is 4. The van der Waals surface area contributed by atoms with Gasteiger partial charge in [0, 0.05) is 12.7 Å². The lowest BCUT2D eigenvalue weighted by molar-refractivity contribution is 0.180. The van der Waals surface area contributed by atoms with Crippen LogP contribution in [-0.2, 0) is 16.1 Å². The van der Waals surface area contributed by atoms with E-state index >= 15 is 0 Å². The maximum Gasteiger partial charge on any atom is 0.240 e. The van der Waals surface area contributed by atoms with E-state index in [4.69, 9.17) is 9.47 Å². The molecular weight excluding hydrogens is 194 g/mol. The predicted molar refractivity (Wildman–Crippen MR) is 56.1 cm³/mol. The van der Waals surface area contributed by atoms with E-state index in [9.17, 15) is 4.79 Å². The van der Waals surface area contributed by atoms with Gasteiger partial charge in [0.05, 0.1) is 18.9 Å². The van der Waals surface area contributed by atoms with Gasteiger partial charge in [-0.15, -0.1) is 0 Å². The van der Waals surface area contributed by atoms with Gasteiger partial charge in [0.25, 0.3) is 0 Å². The molecule has 0 bridgehead atoms. The summed E-state index contributed by atoms with van der Waals surface area (Å²) in [5, 5.41) is 0. The quantitative estimate of drug-likeness (QED) is 0.549. The van der Waals surface area contributed by atoms with Crippen LogP contribution in [0.2, 0.25) is 0 Å². The summed E-state index contributed by atoms with van der Waals surface area (Å²) in [5.74, 6) is 0.754. The van der Waals surface area contributed by atoms with E-state index in [-0.39, 0.29) is 0 Å². The summed E-state index contributed by atoms with van der Waals surface area (Å²) in [6, 6.07) is 5.22. The number of aliphatic imine (C=N–C) groups is 1. The lowest BCUT2D eigenvalue weighted by atomic mass is 10.2. The maximum absolute atomic E-state index is 10.1. The van der Waals surface area contributed by atoms with Crippen LogP contribution in [0.4, 0.5) is 5.69 Å². The van der Waals surface area contributed by atoms with Crippen LogP contribution in [0.3, 0.4) is 0 Å². The van der Waals surface area contributed by atoms with Crippen molar-refractivity contribution in [3.8, 4) is 5.75 Å². The first kappa shape index (κ1) is 11.4. The number of benzene rings is 1. The summed E-state index contributed by atoms with van der Waals surface area (Å²) in [5.41, 5.74) is 1.43. The van der Waals surface area contributed by atoms with E-state index in [0.29, 0.717) is 18.9 Å². The summed E-state index contributed by atoms with van der Waals surface area (Å²) < 4.78 is 10.4. The second kappa shape index (κ2) is 5.96. The zero-order valence-corrected chi connectivity index (χ0v) is 8.82. The van der Waals surface area contributed by atoms with Crippen LogP contribution in [0, 0.1) is 0 Å². The normalized spacial score (nSPS) is 9.47. The molecule has 0 N–H and O–H groups in total. The second-order valence-electron chi connectivity index (χ2n) is 2.86. The summed E-state index contributed by atoms with van der Waals surface area (Å²) in [6.07, 6.45) is 1.50. The first-order chi connectivity index (χ1) is 7.31. The van der Waals surface area contributed by atoms with Crippen molar-refractivity contribution in [1.29, 1.82) is 0 Å². The Hall–Kier alpha value is -1.64. The standard InChI is InChI=1S/C11H13NO3/c1-3-15-11-5-4-10(12-8-13)6-9(11)7-14-2/h4-6H,3,7H2,1-2H3. The highest BCUT2D eigenvalue weighted by Gasteiger charge is 2.04. The van der Waals surface area contributed by atoms with Crippen molar-refractivity contribution in [3.63, 3.8) is 0 Å². The SMILES string of the molecule is CCOc1ccc(N=C=O)cc1COC. The highest BCUT2D eigenvalue weighted by molar-refractivity contribution is 5.53. The Morgan fingerprint density at radius 2 is 2.27 bits per heavy atom. The van der Waals surface area contributed by atoms with Gasteiger partial charge in [0.1, 0.15) is 5.75 Å². The molecule has 1 rings (SSSR count). The molecule has 0 aliphatic carbocycles. The monoisotopic (exact) mass is 207 g/mol. The largest absolute Gasteiger partial charge is 0.494 e. The molecular formula is C11H13NO3. The van der Waals surface area contributed by atoms with Gasteiger partial charge in [-0.05, 0) is 25.1 Å². The van der Waals surface area contributed by atoms with Gasteiger partial charge in [-0.1, -0.05) is 0 Å². The van der Waals surface area contributed by atoms with E-state index in [1.807, 2.05) is 6.92 Å². The van der Waals surface area contributed by atoms with Crippen LogP contribution in [-0.4, -0.2) is 19.8 Å². The number of isocyanates is 1. The first-order valence-electron chi connectivity index (χ1n) is 4.64. The van der Waals surface area contributed by atoms with Gasteiger partial charge in [0.2, 0.25) is 6.08 Å². The van der Waals surface area contributed by atoms with Crippen molar-refractivity contribution < 1.29 is 14.3 Å². The highest BCUT2D eigenvalue weighted by atomic mass is 16.5. The van der Waals surface area contributed by atoms with Crippen LogP contribution in [0.5, 0.6) is 5.75 Å². The van der Waals surface area contributed by atoms with Crippen LogP contribution >= 0.6 is 0 Å². The summed E-state index contributed by atoms with van der Waals surface area (Å²) in [7, 11) is 1.60. The Morgan fingerprint density at radius 3 is 2.87 bits per heavy atom. The smallest absolute Gasteiger partial charge is 0.240 e. The minimum Gasteiger partial charge on any atom is -0.494 e. The number of ether oxygens (including phenoxy) is 2. The number of methoxy groups -OCH3 is 1. The number of carbonyl (C=O) groups excluding carboxylic acids is 1. The minimum atomic E-state index is 0.428. The fourth-order valence-corrected chi connectivity index (χ4v) is 1.25. The molecule has 0 amide bonds. The third-order valence-electron chi connectivity index (χ3n) is 1.82. The lowest BCUT2D eigenvalue weighted by Gasteiger charge is -2.09. The third kappa shape index (κ3) is 3.20.